The largest absolute Gasteiger partial charge is 0.493 e. The van der Waals surface area contributed by atoms with E-state index in [1.165, 1.54) is 0 Å². The van der Waals surface area contributed by atoms with Crippen molar-refractivity contribution in [2.75, 3.05) is 19.8 Å². The number of hydrogen-bond donors (Lipinski definition) is 1. The summed E-state index contributed by atoms with van der Waals surface area (Å²) >= 11 is 0. The molecule has 1 aromatic heterocycles. The second-order valence-corrected chi connectivity index (χ2v) is 10.6. The number of benzene rings is 3. The van der Waals surface area contributed by atoms with Crippen LogP contribution < -0.4 is 19.8 Å². The van der Waals surface area contributed by atoms with Gasteiger partial charge in [-0.25, -0.2) is 4.79 Å². The van der Waals surface area contributed by atoms with Gasteiger partial charge in [-0.3, -0.25) is 9.59 Å². The molecule has 0 atom stereocenters. The minimum absolute atomic E-state index is 0.0409. The predicted molar refractivity (Wildman–Crippen MR) is 164 cm³/mol. The average Bonchev–Trinajstić information content (AvgIpc) is 3.01. The minimum Gasteiger partial charge on any atom is -0.493 e. The van der Waals surface area contributed by atoms with Gasteiger partial charge >= 0.3 is 11.6 Å². The van der Waals surface area contributed by atoms with Gasteiger partial charge in [0.15, 0.2) is 5.78 Å². The molecular formula is C35H36O8. The lowest BCUT2D eigenvalue weighted by Gasteiger charge is -2.22. The fraction of sp³-hybridized carbons (Fsp3) is 0.343. The fourth-order valence-corrected chi connectivity index (χ4v) is 5.33. The van der Waals surface area contributed by atoms with Crippen molar-refractivity contribution < 1.29 is 33.3 Å². The van der Waals surface area contributed by atoms with Crippen LogP contribution in [0.1, 0.15) is 66.9 Å². The smallest absolute Gasteiger partial charge is 0.344 e. The number of carboxylic acid groups (broad SMARTS) is 1. The number of carbonyl (C=O) groups excluding carboxylic acids is 1. The molecule has 0 amide bonds. The Hall–Kier alpha value is -4.59. The number of Topliss-reactive ketones (excluding diaryl/α,β-unsaturated/α-hetero) is 1. The standard InChI is InChI=1S/C35H36O8/c1-2-8-28-31(15-13-27-29(36)17-20-42-34(27)28)41-19-7-3-6-18-40-30-14-11-25(21-24(30)12-16-33(37)38)32-22-23-9-4-5-10-26(23)35(39)43-32/h4-5,9-11,13-15,21-22H,2-3,6-8,12,16-20H2,1H3,(H,37,38). The summed E-state index contributed by atoms with van der Waals surface area (Å²) < 4.78 is 23.6. The van der Waals surface area contributed by atoms with E-state index in [1.54, 1.807) is 18.2 Å². The topological polar surface area (TPSA) is 112 Å². The number of ketones is 1. The van der Waals surface area contributed by atoms with Crippen LogP contribution in [-0.4, -0.2) is 36.7 Å². The van der Waals surface area contributed by atoms with Gasteiger partial charge in [0.1, 0.15) is 23.0 Å². The third kappa shape index (κ3) is 7.25. The fourth-order valence-electron chi connectivity index (χ4n) is 5.33. The molecule has 0 saturated carbocycles. The molecule has 43 heavy (non-hydrogen) atoms. The number of hydrogen-bond acceptors (Lipinski definition) is 7. The van der Waals surface area contributed by atoms with Gasteiger partial charge < -0.3 is 23.7 Å². The summed E-state index contributed by atoms with van der Waals surface area (Å²) in [4.78, 5) is 36.1. The first-order valence-corrected chi connectivity index (χ1v) is 14.9. The lowest BCUT2D eigenvalue weighted by Crippen LogP contribution is -2.17. The summed E-state index contributed by atoms with van der Waals surface area (Å²) in [5.74, 6) is 1.72. The molecule has 5 rings (SSSR count). The van der Waals surface area contributed by atoms with Gasteiger partial charge in [0.2, 0.25) is 0 Å². The van der Waals surface area contributed by atoms with Crippen LogP contribution in [0.15, 0.2) is 69.9 Å². The molecule has 0 radical (unpaired) electrons. The molecule has 8 heteroatoms. The number of rotatable bonds is 14. The molecule has 3 aromatic carbocycles. The molecule has 0 saturated heterocycles. The van der Waals surface area contributed by atoms with Crippen molar-refractivity contribution >= 4 is 22.5 Å². The van der Waals surface area contributed by atoms with E-state index in [2.05, 4.69) is 6.92 Å². The number of carboxylic acids is 1. The van der Waals surface area contributed by atoms with E-state index in [0.29, 0.717) is 66.4 Å². The van der Waals surface area contributed by atoms with Crippen LogP contribution in [0.25, 0.3) is 22.1 Å². The van der Waals surface area contributed by atoms with Crippen molar-refractivity contribution in [3.8, 4) is 28.6 Å². The first-order chi connectivity index (χ1) is 20.9. The van der Waals surface area contributed by atoms with Gasteiger partial charge in [-0.2, -0.15) is 0 Å². The van der Waals surface area contributed by atoms with Crippen molar-refractivity contribution in [3.63, 3.8) is 0 Å². The van der Waals surface area contributed by atoms with E-state index < -0.39 is 11.6 Å². The van der Waals surface area contributed by atoms with Gasteiger partial charge in [0.05, 0.1) is 30.8 Å². The highest BCUT2D eigenvalue weighted by molar-refractivity contribution is 6.00. The van der Waals surface area contributed by atoms with E-state index in [9.17, 15) is 19.5 Å². The highest BCUT2D eigenvalue weighted by Gasteiger charge is 2.23. The zero-order chi connectivity index (χ0) is 30.2. The van der Waals surface area contributed by atoms with Crippen LogP contribution in [0.2, 0.25) is 0 Å². The van der Waals surface area contributed by atoms with Crippen LogP contribution in [0.3, 0.4) is 0 Å². The molecule has 0 unspecified atom stereocenters. The summed E-state index contributed by atoms with van der Waals surface area (Å²) in [6.07, 6.45) is 4.89. The van der Waals surface area contributed by atoms with E-state index in [1.807, 2.05) is 42.5 Å². The SMILES string of the molecule is CCCc1c(OCCCCCOc2ccc(-c3cc4ccccc4c(=O)o3)cc2CCC(=O)O)ccc2c1OCCC2=O. The van der Waals surface area contributed by atoms with Crippen LogP contribution >= 0.6 is 0 Å². The number of unbranched alkanes of at least 4 members (excludes halogenated alkanes) is 2. The average molecular weight is 585 g/mol. The second-order valence-electron chi connectivity index (χ2n) is 10.6. The molecule has 1 aliphatic heterocycles. The number of aryl methyl sites for hydroxylation is 1. The lowest BCUT2D eigenvalue weighted by atomic mass is 9.98. The van der Waals surface area contributed by atoms with Crippen LogP contribution in [0, 0.1) is 0 Å². The molecular weight excluding hydrogens is 548 g/mol. The van der Waals surface area contributed by atoms with Crippen LogP contribution in [0.4, 0.5) is 0 Å². The summed E-state index contributed by atoms with van der Waals surface area (Å²) in [5.41, 5.74) is 2.64. The van der Waals surface area contributed by atoms with Gasteiger partial charge in [0, 0.05) is 24.0 Å². The number of carbonyl (C=O) groups is 2. The molecule has 1 aliphatic rings. The number of ether oxygens (including phenoxy) is 3. The van der Waals surface area contributed by atoms with Crippen molar-refractivity contribution in [1.29, 1.82) is 0 Å². The summed E-state index contributed by atoms with van der Waals surface area (Å²) in [6, 6.07) is 18.2. The lowest BCUT2D eigenvalue weighted by molar-refractivity contribution is -0.136. The van der Waals surface area contributed by atoms with Gasteiger partial charge in [0.25, 0.3) is 0 Å². The Labute approximate surface area is 250 Å². The van der Waals surface area contributed by atoms with Gasteiger partial charge in [-0.1, -0.05) is 31.5 Å². The molecule has 2 heterocycles. The first-order valence-electron chi connectivity index (χ1n) is 14.9. The van der Waals surface area contributed by atoms with E-state index in [0.717, 1.165) is 54.4 Å². The highest BCUT2D eigenvalue weighted by atomic mass is 16.5. The Morgan fingerprint density at radius 2 is 1.67 bits per heavy atom. The van der Waals surface area contributed by atoms with E-state index in [4.69, 9.17) is 18.6 Å². The second kappa shape index (κ2) is 14.1. The van der Waals surface area contributed by atoms with Crippen LogP contribution in [-0.2, 0) is 17.6 Å². The molecule has 0 spiro atoms. The number of aliphatic carboxylic acids is 1. The van der Waals surface area contributed by atoms with Crippen molar-refractivity contribution in [2.45, 2.75) is 58.3 Å². The number of fused-ring (bicyclic) bond motifs is 2. The van der Waals surface area contributed by atoms with Gasteiger partial charge in [-0.15, -0.1) is 0 Å². The molecule has 4 aromatic rings. The molecule has 0 bridgehead atoms. The summed E-state index contributed by atoms with van der Waals surface area (Å²) in [6.45, 7) is 3.52. The summed E-state index contributed by atoms with van der Waals surface area (Å²) in [5, 5.41) is 10.6. The molecule has 224 valence electrons. The first kappa shape index (κ1) is 29.9. The Balaban J connectivity index is 1.17. The predicted octanol–water partition coefficient (Wildman–Crippen LogP) is 7.02. The Morgan fingerprint density at radius 3 is 2.47 bits per heavy atom. The Morgan fingerprint density at radius 1 is 0.907 bits per heavy atom. The van der Waals surface area contributed by atoms with Crippen LogP contribution in [0.5, 0.6) is 17.2 Å². The zero-order valence-electron chi connectivity index (χ0n) is 24.4. The maximum Gasteiger partial charge on any atom is 0.344 e. The maximum atomic E-state index is 12.5. The van der Waals surface area contributed by atoms with Gasteiger partial charge in [-0.05, 0) is 85.5 Å². The molecule has 1 N–H and O–H groups in total. The van der Waals surface area contributed by atoms with E-state index in [-0.39, 0.29) is 12.2 Å². The third-order valence-corrected chi connectivity index (χ3v) is 7.52. The molecule has 8 nitrogen and oxygen atoms in total. The van der Waals surface area contributed by atoms with Crippen molar-refractivity contribution in [3.05, 3.63) is 87.8 Å². The van der Waals surface area contributed by atoms with Crippen molar-refractivity contribution in [2.24, 2.45) is 0 Å². The normalized spacial score (nSPS) is 12.5. The molecule has 0 aliphatic carbocycles. The minimum atomic E-state index is -0.896. The van der Waals surface area contributed by atoms with E-state index >= 15 is 0 Å². The Kier molecular flexibility index (Phi) is 9.77. The maximum absolute atomic E-state index is 12.5. The highest BCUT2D eigenvalue weighted by Crippen LogP contribution is 2.36. The zero-order valence-corrected chi connectivity index (χ0v) is 24.4. The molecule has 0 fully saturated rings. The quantitative estimate of drug-likeness (QED) is 0.157. The summed E-state index contributed by atoms with van der Waals surface area (Å²) in [7, 11) is 0. The third-order valence-electron chi connectivity index (χ3n) is 7.52. The van der Waals surface area contributed by atoms with Crippen molar-refractivity contribution in [1.82, 2.24) is 0 Å². The monoisotopic (exact) mass is 584 g/mol. The Bertz CT molecular complexity index is 1670.